The van der Waals surface area contributed by atoms with E-state index in [-0.39, 0.29) is 23.5 Å². The van der Waals surface area contributed by atoms with Crippen molar-refractivity contribution in [2.75, 3.05) is 10.6 Å². The van der Waals surface area contributed by atoms with Gasteiger partial charge in [-0.05, 0) is 89.7 Å². The Kier molecular flexibility index (Phi) is 8.18. The van der Waals surface area contributed by atoms with Crippen LogP contribution in [0, 0.1) is 3.57 Å². The largest absolute Gasteiger partial charge is 0.326 e. The highest BCUT2D eigenvalue weighted by Crippen LogP contribution is 2.27. The van der Waals surface area contributed by atoms with Gasteiger partial charge in [0.05, 0.1) is 11.7 Å². The first-order valence-corrected chi connectivity index (χ1v) is 11.6. The summed E-state index contributed by atoms with van der Waals surface area (Å²) in [6.07, 6.45) is 0.267. The van der Waals surface area contributed by atoms with Crippen LogP contribution >= 0.6 is 46.0 Å². The van der Waals surface area contributed by atoms with Crippen LogP contribution in [0.15, 0.2) is 77.7 Å². The molecule has 0 fully saturated rings. The predicted molar refractivity (Wildman–Crippen MR) is 133 cm³/mol. The molecule has 0 saturated carbocycles. The molecule has 0 aliphatic rings. The van der Waals surface area contributed by atoms with Gasteiger partial charge in [0.25, 0.3) is 0 Å². The Morgan fingerprint density at radius 1 is 0.967 bits per heavy atom. The van der Waals surface area contributed by atoms with E-state index in [1.165, 1.54) is 11.8 Å². The maximum Gasteiger partial charge on any atom is 0.237 e. The molecule has 0 bridgehead atoms. The summed E-state index contributed by atoms with van der Waals surface area (Å²) < 4.78 is 1.11. The van der Waals surface area contributed by atoms with Gasteiger partial charge >= 0.3 is 0 Å². The number of carbonyl (C=O) groups excluding carboxylic acids is 2. The summed E-state index contributed by atoms with van der Waals surface area (Å²) in [7, 11) is 0. The van der Waals surface area contributed by atoms with Gasteiger partial charge in [-0.1, -0.05) is 29.8 Å². The minimum absolute atomic E-state index is 0.0709. The third-order valence-electron chi connectivity index (χ3n) is 4.19. The summed E-state index contributed by atoms with van der Waals surface area (Å²) in [5.74, 6) is -0.178. The highest BCUT2D eigenvalue weighted by atomic mass is 127. The Morgan fingerprint density at radius 3 is 2.37 bits per heavy atom. The molecule has 0 saturated heterocycles. The molecule has 1 atom stereocenters. The number of hydrogen-bond donors (Lipinski definition) is 2. The molecule has 30 heavy (non-hydrogen) atoms. The third kappa shape index (κ3) is 7.04. The van der Waals surface area contributed by atoms with Gasteiger partial charge in [-0.25, -0.2) is 0 Å². The molecular formula is C23H20ClIN2O2S. The van der Waals surface area contributed by atoms with E-state index in [2.05, 4.69) is 33.2 Å². The molecular weight excluding hydrogens is 531 g/mol. The average molecular weight is 551 g/mol. The highest BCUT2D eigenvalue weighted by Gasteiger charge is 2.15. The standard InChI is InChI=1S/C23H20ClIN2O2S/c1-15(23(29)27-19-11-9-18(25)10-12-19)30-21-4-2-3-20(14-21)26-22(28)13-16-5-7-17(24)8-6-16/h2-12,14-15H,13H2,1H3,(H,26,28)(H,27,29). The second-order valence-electron chi connectivity index (χ2n) is 6.64. The van der Waals surface area contributed by atoms with Crippen molar-refractivity contribution < 1.29 is 9.59 Å². The molecule has 1 unspecified atom stereocenters. The number of nitrogens with one attached hydrogen (secondary N) is 2. The fraction of sp³-hybridized carbons (Fsp3) is 0.130. The first-order chi connectivity index (χ1) is 14.4. The normalized spacial score (nSPS) is 11.6. The van der Waals surface area contributed by atoms with Gasteiger partial charge in [0.15, 0.2) is 0 Å². The zero-order valence-corrected chi connectivity index (χ0v) is 19.9. The van der Waals surface area contributed by atoms with Gasteiger partial charge in [0.2, 0.25) is 11.8 Å². The van der Waals surface area contributed by atoms with Crippen molar-refractivity contribution in [2.24, 2.45) is 0 Å². The Balaban J connectivity index is 1.56. The molecule has 0 spiro atoms. The number of anilines is 2. The van der Waals surface area contributed by atoms with Crippen LogP contribution in [-0.4, -0.2) is 17.1 Å². The van der Waals surface area contributed by atoms with E-state index in [0.29, 0.717) is 10.7 Å². The number of hydrogen-bond acceptors (Lipinski definition) is 3. The molecule has 3 rings (SSSR count). The van der Waals surface area contributed by atoms with Crippen molar-refractivity contribution in [1.29, 1.82) is 0 Å². The molecule has 2 amide bonds. The van der Waals surface area contributed by atoms with Crippen molar-refractivity contribution in [1.82, 2.24) is 0 Å². The topological polar surface area (TPSA) is 58.2 Å². The summed E-state index contributed by atoms with van der Waals surface area (Å²) in [5.41, 5.74) is 2.36. The van der Waals surface area contributed by atoms with Crippen LogP contribution in [0.2, 0.25) is 5.02 Å². The van der Waals surface area contributed by atoms with Crippen molar-refractivity contribution in [2.45, 2.75) is 23.5 Å². The highest BCUT2D eigenvalue weighted by molar-refractivity contribution is 14.1. The molecule has 3 aromatic carbocycles. The lowest BCUT2D eigenvalue weighted by Gasteiger charge is -2.13. The molecule has 3 aromatic rings. The summed E-state index contributed by atoms with van der Waals surface area (Å²) in [6, 6.07) is 22.4. The van der Waals surface area contributed by atoms with E-state index in [1.807, 2.05) is 67.6 Å². The van der Waals surface area contributed by atoms with Crippen LogP contribution in [0.3, 0.4) is 0 Å². The predicted octanol–water partition coefficient (Wildman–Crippen LogP) is 6.25. The van der Waals surface area contributed by atoms with E-state index < -0.39 is 0 Å². The fourth-order valence-electron chi connectivity index (χ4n) is 2.67. The number of benzene rings is 3. The Morgan fingerprint density at radius 2 is 1.67 bits per heavy atom. The lowest BCUT2D eigenvalue weighted by atomic mass is 10.1. The SMILES string of the molecule is CC(Sc1cccc(NC(=O)Cc2ccc(Cl)cc2)c1)C(=O)Nc1ccc(I)cc1. The molecule has 0 aliphatic carbocycles. The maximum absolute atomic E-state index is 12.5. The molecule has 0 aliphatic heterocycles. The van der Waals surface area contributed by atoms with E-state index in [4.69, 9.17) is 11.6 Å². The van der Waals surface area contributed by atoms with Crippen molar-refractivity contribution in [3.05, 3.63) is 87.0 Å². The summed E-state index contributed by atoms with van der Waals surface area (Å²) in [4.78, 5) is 25.7. The number of amides is 2. The smallest absolute Gasteiger partial charge is 0.237 e. The summed E-state index contributed by atoms with van der Waals surface area (Å²) in [5, 5.41) is 6.19. The average Bonchev–Trinajstić information content (AvgIpc) is 2.71. The summed E-state index contributed by atoms with van der Waals surface area (Å²) in [6.45, 7) is 1.86. The number of thioether (sulfide) groups is 1. The number of halogens is 2. The maximum atomic E-state index is 12.5. The minimum atomic E-state index is -0.288. The van der Waals surface area contributed by atoms with E-state index in [0.717, 1.165) is 19.7 Å². The molecule has 7 heteroatoms. The van der Waals surface area contributed by atoms with Gasteiger partial charge in [0.1, 0.15) is 0 Å². The Labute approximate surface area is 198 Å². The molecule has 0 heterocycles. The van der Waals surface area contributed by atoms with Crippen LogP contribution in [0.1, 0.15) is 12.5 Å². The Hall–Kier alpha value is -2.03. The third-order valence-corrected chi connectivity index (χ3v) is 6.25. The number of carbonyl (C=O) groups is 2. The van der Waals surface area contributed by atoms with Crippen LogP contribution in [-0.2, 0) is 16.0 Å². The van der Waals surface area contributed by atoms with Crippen molar-refractivity contribution >= 4 is 69.1 Å². The second-order valence-corrected chi connectivity index (χ2v) is 9.73. The van der Waals surface area contributed by atoms with Crippen LogP contribution in [0.5, 0.6) is 0 Å². The van der Waals surface area contributed by atoms with Gasteiger partial charge in [0, 0.05) is 24.9 Å². The zero-order valence-electron chi connectivity index (χ0n) is 16.2. The molecule has 154 valence electrons. The van der Waals surface area contributed by atoms with Crippen molar-refractivity contribution in [3.8, 4) is 0 Å². The zero-order chi connectivity index (χ0) is 21.5. The minimum Gasteiger partial charge on any atom is -0.326 e. The lowest BCUT2D eigenvalue weighted by molar-refractivity contribution is -0.116. The van der Waals surface area contributed by atoms with E-state index in [1.54, 1.807) is 12.1 Å². The molecule has 0 aromatic heterocycles. The van der Waals surface area contributed by atoms with Crippen LogP contribution in [0.25, 0.3) is 0 Å². The first-order valence-electron chi connectivity index (χ1n) is 9.26. The molecule has 0 radical (unpaired) electrons. The molecule has 4 nitrogen and oxygen atoms in total. The van der Waals surface area contributed by atoms with Crippen LogP contribution in [0.4, 0.5) is 11.4 Å². The van der Waals surface area contributed by atoms with Gasteiger partial charge < -0.3 is 10.6 Å². The summed E-state index contributed by atoms with van der Waals surface area (Å²) >= 11 is 9.55. The van der Waals surface area contributed by atoms with E-state index >= 15 is 0 Å². The van der Waals surface area contributed by atoms with Gasteiger partial charge in [-0.2, -0.15) is 0 Å². The Bertz CT molecular complexity index is 1030. The molecule has 2 N–H and O–H groups in total. The van der Waals surface area contributed by atoms with Crippen molar-refractivity contribution in [3.63, 3.8) is 0 Å². The van der Waals surface area contributed by atoms with Gasteiger partial charge in [-0.3, -0.25) is 9.59 Å². The quantitative estimate of drug-likeness (QED) is 0.270. The fourth-order valence-corrected chi connectivity index (χ4v) is 4.09. The first kappa shape index (κ1) is 22.7. The number of rotatable bonds is 7. The second kappa shape index (κ2) is 10.8. The monoisotopic (exact) mass is 550 g/mol. The van der Waals surface area contributed by atoms with Crippen LogP contribution < -0.4 is 10.6 Å². The van der Waals surface area contributed by atoms with E-state index in [9.17, 15) is 9.59 Å². The lowest BCUT2D eigenvalue weighted by Crippen LogP contribution is -2.22. The van der Waals surface area contributed by atoms with Gasteiger partial charge in [-0.15, -0.1) is 11.8 Å².